The third-order valence-electron chi connectivity index (χ3n) is 5.32. The van der Waals surface area contributed by atoms with E-state index in [1.54, 1.807) is 11.8 Å². The molecule has 0 bridgehead atoms. The number of nitrogens with two attached hydrogens (primary N) is 1. The first kappa shape index (κ1) is 21.7. The molecule has 2 aromatic heterocycles. The zero-order chi connectivity index (χ0) is 21.8. The molecule has 0 unspecified atom stereocenters. The fourth-order valence-corrected chi connectivity index (χ4v) is 4.57. The Morgan fingerprint density at radius 3 is 2.61 bits per heavy atom. The first-order valence-corrected chi connectivity index (χ1v) is 11.9. The number of hydrogen-bond donors (Lipinski definition) is 1. The molecule has 9 heteroatoms. The Morgan fingerprint density at radius 2 is 1.94 bits per heavy atom. The average molecular weight is 443 g/mol. The fourth-order valence-electron chi connectivity index (χ4n) is 3.80. The number of fused-ring (bicyclic) bond motifs is 1. The normalized spacial score (nSPS) is 14.4. The van der Waals surface area contributed by atoms with Crippen LogP contribution < -0.4 is 15.4 Å². The Morgan fingerprint density at radius 1 is 1.13 bits per heavy atom. The lowest BCUT2D eigenvalue weighted by Crippen LogP contribution is -2.37. The van der Waals surface area contributed by atoms with Crippen LogP contribution in [0.2, 0.25) is 0 Å². The van der Waals surface area contributed by atoms with Gasteiger partial charge in [0.1, 0.15) is 11.6 Å². The zero-order valence-electron chi connectivity index (χ0n) is 18.4. The van der Waals surface area contributed by atoms with Crippen LogP contribution in [0.3, 0.4) is 0 Å². The van der Waals surface area contributed by atoms with E-state index in [0.717, 1.165) is 71.1 Å². The smallest absolute Gasteiger partial charge is 0.191 e. The molecule has 4 rings (SSSR count). The predicted octanol–water partition coefficient (Wildman–Crippen LogP) is 3.52. The van der Waals surface area contributed by atoms with Gasteiger partial charge in [-0.05, 0) is 31.5 Å². The summed E-state index contributed by atoms with van der Waals surface area (Å²) in [6, 6.07) is 5.93. The van der Waals surface area contributed by atoms with E-state index in [0.29, 0.717) is 25.5 Å². The van der Waals surface area contributed by atoms with E-state index in [-0.39, 0.29) is 0 Å². The molecule has 166 valence electrons. The number of ether oxygens (including phenoxy) is 2. The second kappa shape index (κ2) is 9.74. The van der Waals surface area contributed by atoms with Crippen LogP contribution >= 0.6 is 11.8 Å². The first-order valence-electron chi connectivity index (χ1n) is 10.9. The van der Waals surface area contributed by atoms with Gasteiger partial charge in [-0.2, -0.15) is 0 Å². The molecule has 1 aromatic carbocycles. The number of aryl methyl sites for hydroxylation is 2. The maximum atomic E-state index is 6.13. The number of nitrogens with zero attached hydrogens (tertiary/aromatic N) is 5. The summed E-state index contributed by atoms with van der Waals surface area (Å²) in [5.41, 5.74) is 9.69. The van der Waals surface area contributed by atoms with Gasteiger partial charge in [0.15, 0.2) is 22.1 Å². The maximum absolute atomic E-state index is 6.13. The predicted molar refractivity (Wildman–Crippen MR) is 125 cm³/mol. The summed E-state index contributed by atoms with van der Waals surface area (Å²) in [6.45, 7) is 10.7. The van der Waals surface area contributed by atoms with E-state index in [1.807, 2.05) is 25.1 Å². The molecule has 0 amide bonds. The summed E-state index contributed by atoms with van der Waals surface area (Å²) in [6.07, 6.45) is 0.862. The quantitative estimate of drug-likeness (QED) is 0.322. The zero-order valence-corrected chi connectivity index (χ0v) is 19.2. The fraction of sp³-hybridized carbons (Fsp3) is 0.500. The highest BCUT2D eigenvalue weighted by Crippen LogP contribution is 2.31. The molecule has 3 aromatic rings. The molecule has 8 nitrogen and oxygen atoms in total. The molecule has 3 heterocycles. The largest absolute Gasteiger partial charge is 0.492 e. The second-order valence-electron chi connectivity index (χ2n) is 7.32. The molecule has 0 spiro atoms. The van der Waals surface area contributed by atoms with E-state index in [1.165, 1.54) is 0 Å². The monoisotopic (exact) mass is 442 g/mol. The van der Waals surface area contributed by atoms with Crippen LogP contribution in [0.15, 0.2) is 23.4 Å². The molecule has 0 saturated carbocycles. The molecule has 1 saturated heterocycles. The Kier molecular flexibility index (Phi) is 6.82. The number of hydrogen-bond acceptors (Lipinski definition) is 8. The van der Waals surface area contributed by atoms with E-state index in [4.69, 9.17) is 30.2 Å². The van der Waals surface area contributed by atoms with Gasteiger partial charge in [-0.3, -0.25) is 0 Å². The number of imidazole rings is 1. The summed E-state index contributed by atoms with van der Waals surface area (Å²) in [5, 5.41) is 0.749. The molecule has 0 radical (unpaired) electrons. The van der Waals surface area contributed by atoms with Crippen LogP contribution in [-0.4, -0.2) is 52.4 Å². The van der Waals surface area contributed by atoms with Gasteiger partial charge < -0.3 is 24.7 Å². The standard InChI is InChI=1S/C22H30N6O2S/c1-4-18-24-19-20(27-9-11-29-12-10-27)25-22(26-21(19)28(18)5-2)31-14-15-7-8-17(30-6-3)16(23)13-15/h7-8,13H,4-6,9-12,14,23H2,1-3H3. The molecule has 2 N–H and O–H groups in total. The Bertz CT molecular complexity index is 1050. The van der Waals surface area contributed by atoms with Gasteiger partial charge >= 0.3 is 0 Å². The van der Waals surface area contributed by atoms with Crippen LogP contribution in [0.4, 0.5) is 11.5 Å². The first-order chi connectivity index (χ1) is 15.1. The Balaban J connectivity index is 1.66. The van der Waals surface area contributed by atoms with Crippen molar-refractivity contribution in [2.45, 2.75) is 44.6 Å². The summed E-state index contributed by atoms with van der Waals surface area (Å²) < 4.78 is 13.3. The van der Waals surface area contributed by atoms with Crippen molar-refractivity contribution in [1.82, 2.24) is 19.5 Å². The number of benzene rings is 1. The average Bonchev–Trinajstić information content (AvgIpc) is 3.17. The van der Waals surface area contributed by atoms with Crippen molar-refractivity contribution < 1.29 is 9.47 Å². The van der Waals surface area contributed by atoms with Gasteiger partial charge in [0.2, 0.25) is 0 Å². The Labute approximate surface area is 187 Å². The maximum Gasteiger partial charge on any atom is 0.191 e. The van der Waals surface area contributed by atoms with Crippen molar-refractivity contribution in [1.29, 1.82) is 0 Å². The number of aromatic nitrogens is 4. The molecule has 0 aliphatic carbocycles. The Hall–Kier alpha value is -2.52. The number of morpholine rings is 1. The third kappa shape index (κ3) is 4.57. The highest BCUT2D eigenvalue weighted by molar-refractivity contribution is 7.98. The second-order valence-corrected chi connectivity index (χ2v) is 8.26. The lowest BCUT2D eigenvalue weighted by Gasteiger charge is -2.28. The summed E-state index contributed by atoms with van der Waals surface area (Å²) in [5.74, 6) is 3.40. The van der Waals surface area contributed by atoms with Crippen molar-refractivity contribution in [2.75, 3.05) is 43.5 Å². The lowest BCUT2D eigenvalue weighted by atomic mass is 10.2. The van der Waals surface area contributed by atoms with Gasteiger partial charge in [0.05, 0.1) is 25.5 Å². The minimum atomic E-state index is 0.599. The number of nitrogen functional groups attached to an aromatic ring is 1. The molecular formula is C22H30N6O2S. The number of anilines is 2. The highest BCUT2D eigenvalue weighted by atomic mass is 32.2. The molecule has 1 fully saturated rings. The topological polar surface area (TPSA) is 91.3 Å². The minimum absolute atomic E-state index is 0.599. The van der Waals surface area contributed by atoms with Gasteiger partial charge in [-0.15, -0.1) is 0 Å². The lowest BCUT2D eigenvalue weighted by molar-refractivity contribution is 0.122. The number of thioether (sulfide) groups is 1. The van der Waals surface area contributed by atoms with Gasteiger partial charge in [-0.25, -0.2) is 15.0 Å². The van der Waals surface area contributed by atoms with E-state index in [9.17, 15) is 0 Å². The van der Waals surface area contributed by atoms with Crippen LogP contribution in [-0.2, 0) is 23.5 Å². The van der Waals surface area contributed by atoms with Crippen LogP contribution in [0.25, 0.3) is 11.2 Å². The van der Waals surface area contributed by atoms with Crippen LogP contribution in [0.1, 0.15) is 32.2 Å². The summed E-state index contributed by atoms with van der Waals surface area (Å²) >= 11 is 1.61. The van der Waals surface area contributed by atoms with Crippen molar-refractivity contribution >= 4 is 34.4 Å². The third-order valence-corrected chi connectivity index (χ3v) is 6.24. The van der Waals surface area contributed by atoms with Gasteiger partial charge in [0.25, 0.3) is 0 Å². The molecule has 0 atom stereocenters. The summed E-state index contributed by atoms with van der Waals surface area (Å²) in [7, 11) is 0. The van der Waals surface area contributed by atoms with Crippen molar-refractivity contribution in [3.05, 3.63) is 29.6 Å². The molecule has 1 aliphatic heterocycles. The van der Waals surface area contributed by atoms with Gasteiger partial charge in [-0.1, -0.05) is 24.8 Å². The highest BCUT2D eigenvalue weighted by Gasteiger charge is 2.22. The molecular weight excluding hydrogens is 412 g/mol. The van der Waals surface area contributed by atoms with E-state index in [2.05, 4.69) is 23.3 Å². The van der Waals surface area contributed by atoms with E-state index >= 15 is 0 Å². The number of rotatable bonds is 8. The van der Waals surface area contributed by atoms with Gasteiger partial charge in [0, 0.05) is 31.8 Å². The molecule has 31 heavy (non-hydrogen) atoms. The van der Waals surface area contributed by atoms with Crippen LogP contribution in [0, 0.1) is 0 Å². The molecule has 1 aliphatic rings. The van der Waals surface area contributed by atoms with E-state index < -0.39 is 0 Å². The van der Waals surface area contributed by atoms with Crippen molar-refractivity contribution in [3.63, 3.8) is 0 Å². The van der Waals surface area contributed by atoms with Crippen molar-refractivity contribution in [2.24, 2.45) is 0 Å². The minimum Gasteiger partial charge on any atom is -0.492 e. The van der Waals surface area contributed by atoms with Crippen molar-refractivity contribution in [3.8, 4) is 5.75 Å². The van der Waals surface area contributed by atoms with Crippen LogP contribution in [0.5, 0.6) is 5.75 Å². The summed E-state index contributed by atoms with van der Waals surface area (Å²) in [4.78, 5) is 17.0. The SMILES string of the molecule is CCOc1ccc(CSc2nc(N3CCOCC3)c3nc(CC)n(CC)c3n2)cc1N.